The van der Waals surface area contributed by atoms with Crippen molar-refractivity contribution in [1.29, 1.82) is 0 Å². The molecule has 5 heteroatoms. The van der Waals surface area contributed by atoms with Gasteiger partial charge in [-0.1, -0.05) is 24.3 Å². The van der Waals surface area contributed by atoms with Gasteiger partial charge in [0, 0.05) is 18.0 Å². The minimum atomic E-state index is -0.00393. The Bertz CT molecular complexity index is 751. The maximum atomic E-state index is 13.0. The van der Waals surface area contributed by atoms with Crippen LogP contribution in [0.5, 0.6) is 0 Å². The average Bonchev–Trinajstić information content (AvgIpc) is 3.06. The van der Waals surface area contributed by atoms with Crippen molar-refractivity contribution < 1.29 is 4.79 Å². The van der Waals surface area contributed by atoms with Crippen LogP contribution in [0.3, 0.4) is 0 Å². The summed E-state index contributed by atoms with van der Waals surface area (Å²) >= 11 is 1.74. The van der Waals surface area contributed by atoms with E-state index in [1.807, 2.05) is 12.1 Å². The van der Waals surface area contributed by atoms with Gasteiger partial charge in [-0.25, -0.2) is 4.98 Å². The lowest BCUT2D eigenvalue weighted by Crippen LogP contribution is -2.48. The Morgan fingerprint density at radius 2 is 2.12 bits per heavy atom. The summed E-state index contributed by atoms with van der Waals surface area (Å²) in [5, 5.41) is 7.86. The van der Waals surface area contributed by atoms with Gasteiger partial charge in [-0.2, -0.15) is 0 Å². The fraction of sp³-hybridized carbons (Fsp3) is 0.500. The van der Waals surface area contributed by atoms with Crippen molar-refractivity contribution in [3.05, 3.63) is 41.4 Å². The molecule has 4 rings (SSSR count). The summed E-state index contributed by atoms with van der Waals surface area (Å²) in [6.07, 6.45) is 8.10. The molecule has 1 aromatic heterocycles. The van der Waals surface area contributed by atoms with Crippen LogP contribution in [-0.2, 0) is 4.79 Å². The van der Waals surface area contributed by atoms with E-state index >= 15 is 0 Å². The highest BCUT2D eigenvalue weighted by atomic mass is 32.1. The van der Waals surface area contributed by atoms with Gasteiger partial charge in [0.25, 0.3) is 0 Å². The Morgan fingerprint density at radius 3 is 2.96 bits per heavy atom. The minimum Gasteiger partial charge on any atom is -0.353 e. The maximum absolute atomic E-state index is 13.0. The summed E-state index contributed by atoms with van der Waals surface area (Å²) in [6, 6.07) is 9.01. The quantitative estimate of drug-likeness (QED) is 0.827. The molecule has 1 saturated heterocycles. The third-order valence-corrected chi connectivity index (χ3v) is 6.54. The second kappa shape index (κ2) is 7.26. The van der Waals surface area contributed by atoms with Crippen molar-refractivity contribution >= 4 is 27.5 Å². The molecule has 1 fully saturated rings. The molecule has 1 aliphatic heterocycles. The van der Waals surface area contributed by atoms with Crippen molar-refractivity contribution in [3.8, 4) is 0 Å². The standard InChI is InChI=1S/C20H25N3OS/c1-13-12-14(10-11-21-13)22-19(24)15-6-2-3-7-16(15)20-23-17-8-4-5-9-18(17)25-20/h2-5,8-9,13-16,21H,6-7,10-12H2,1H3,(H,22,24). The van der Waals surface area contributed by atoms with Crippen LogP contribution < -0.4 is 10.6 Å². The molecule has 2 heterocycles. The molecule has 0 bridgehead atoms. The zero-order valence-corrected chi connectivity index (χ0v) is 15.4. The number of carbonyl (C=O) groups is 1. The number of hydrogen-bond acceptors (Lipinski definition) is 4. The third-order valence-electron chi connectivity index (χ3n) is 5.37. The number of thiazole rings is 1. The van der Waals surface area contributed by atoms with Crippen LogP contribution in [0, 0.1) is 5.92 Å². The molecule has 25 heavy (non-hydrogen) atoms. The number of para-hydroxylation sites is 1. The number of carbonyl (C=O) groups excluding carboxylic acids is 1. The second-order valence-corrected chi connectivity index (χ2v) is 8.32. The van der Waals surface area contributed by atoms with E-state index in [0.29, 0.717) is 12.1 Å². The average molecular weight is 356 g/mol. The van der Waals surface area contributed by atoms with Crippen molar-refractivity contribution in [3.63, 3.8) is 0 Å². The minimum absolute atomic E-state index is 0.00393. The van der Waals surface area contributed by atoms with Gasteiger partial charge in [0.1, 0.15) is 0 Å². The van der Waals surface area contributed by atoms with E-state index in [9.17, 15) is 4.79 Å². The zero-order chi connectivity index (χ0) is 17.2. The van der Waals surface area contributed by atoms with Gasteiger partial charge in [-0.15, -0.1) is 11.3 Å². The number of piperidine rings is 1. The molecule has 4 atom stereocenters. The molecule has 1 amide bonds. The molecule has 0 spiro atoms. The van der Waals surface area contributed by atoms with Crippen molar-refractivity contribution in [1.82, 2.24) is 15.6 Å². The second-order valence-electron chi connectivity index (χ2n) is 7.26. The number of allylic oxidation sites excluding steroid dienone is 2. The van der Waals surface area contributed by atoms with E-state index in [1.54, 1.807) is 11.3 Å². The topological polar surface area (TPSA) is 54.0 Å². The zero-order valence-electron chi connectivity index (χ0n) is 14.6. The van der Waals surface area contributed by atoms with Crippen LogP contribution in [0.2, 0.25) is 0 Å². The van der Waals surface area contributed by atoms with E-state index < -0.39 is 0 Å². The lowest BCUT2D eigenvalue weighted by molar-refractivity contribution is -0.126. The molecule has 1 aromatic carbocycles. The van der Waals surface area contributed by atoms with Crippen LogP contribution in [0.1, 0.15) is 43.5 Å². The van der Waals surface area contributed by atoms with E-state index in [4.69, 9.17) is 4.98 Å². The van der Waals surface area contributed by atoms with Crippen molar-refractivity contribution in [2.75, 3.05) is 6.54 Å². The molecular weight excluding hydrogens is 330 g/mol. The molecule has 4 unspecified atom stereocenters. The summed E-state index contributed by atoms with van der Waals surface area (Å²) in [5.41, 5.74) is 1.04. The highest BCUT2D eigenvalue weighted by Gasteiger charge is 2.33. The van der Waals surface area contributed by atoms with E-state index in [1.165, 1.54) is 4.70 Å². The number of nitrogens with one attached hydrogen (secondary N) is 2. The Labute approximate surface area is 152 Å². The van der Waals surface area contributed by atoms with E-state index in [-0.39, 0.29) is 17.7 Å². The highest BCUT2D eigenvalue weighted by molar-refractivity contribution is 7.18. The summed E-state index contributed by atoms with van der Waals surface area (Å²) in [6.45, 7) is 3.17. The van der Waals surface area contributed by atoms with E-state index in [0.717, 1.165) is 42.8 Å². The summed E-state index contributed by atoms with van der Waals surface area (Å²) in [5.74, 6) is 0.394. The summed E-state index contributed by atoms with van der Waals surface area (Å²) in [4.78, 5) is 17.8. The molecule has 0 saturated carbocycles. The molecule has 2 N–H and O–H groups in total. The lowest BCUT2D eigenvalue weighted by atomic mass is 9.82. The maximum Gasteiger partial charge on any atom is 0.224 e. The van der Waals surface area contributed by atoms with Gasteiger partial charge in [0.15, 0.2) is 0 Å². The van der Waals surface area contributed by atoms with Gasteiger partial charge >= 0.3 is 0 Å². The number of amides is 1. The SMILES string of the molecule is CC1CC(NC(=O)C2CC=CCC2c2nc3ccccc3s2)CCN1. The number of aromatic nitrogens is 1. The van der Waals surface area contributed by atoms with Crippen LogP contribution in [-0.4, -0.2) is 29.5 Å². The van der Waals surface area contributed by atoms with Gasteiger partial charge in [-0.3, -0.25) is 4.79 Å². The van der Waals surface area contributed by atoms with Gasteiger partial charge in [0.05, 0.1) is 21.1 Å². The first-order valence-electron chi connectivity index (χ1n) is 9.25. The number of fused-ring (bicyclic) bond motifs is 1. The first-order valence-corrected chi connectivity index (χ1v) is 10.1. The Balaban J connectivity index is 1.52. The first-order chi connectivity index (χ1) is 12.2. The first kappa shape index (κ1) is 16.7. The Kier molecular flexibility index (Phi) is 4.86. The van der Waals surface area contributed by atoms with Crippen LogP contribution in [0.15, 0.2) is 36.4 Å². The predicted octanol–water partition coefficient (Wildman–Crippen LogP) is 3.60. The van der Waals surface area contributed by atoms with Crippen molar-refractivity contribution in [2.24, 2.45) is 5.92 Å². The summed E-state index contributed by atoms with van der Waals surface area (Å²) < 4.78 is 1.21. The Morgan fingerprint density at radius 1 is 1.28 bits per heavy atom. The van der Waals surface area contributed by atoms with Gasteiger partial charge in [0.2, 0.25) is 5.91 Å². The predicted molar refractivity (Wildman–Crippen MR) is 103 cm³/mol. The molecule has 0 radical (unpaired) electrons. The largest absolute Gasteiger partial charge is 0.353 e. The van der Waals surface area contributed by atoms with Crippen LogP contribution >= 0.6 is 11.3 Å². The molecule has 4 nitrogen and oxygen atoms in total. The number of benzene rings is 1. The fourth-order valence-corrected chi connectivity index (χ4v) is 5.14. The smallest absolute Gasteiger partial charge is 0.224 e. The number of hydrogen-bond donors (Lipinski definition) is 2. The van der Waals surface area contributed by atoms with E-state index in [2.05, 4.69) is 41.8 Å². The molecule has 1 aliphatic carbocycles. The highest BCUT2D eigenvalue weighted by Crippen LogP contribution is 2.38. The van der Waals surface area contributed by atoms with Crippen LogP contribution in [0.25, 0.3) is 10.2 Å². The van der Waals surface area contributed by atoms with Crippen LogP contribution in [0.4, 0.5) is 0 Å². The number of nitrogens with zero attached hydrogens (tertiary/aromatic N) is 1. The van der Waals surface area contributed by atoms with Gasteiger partial charge < -0.3 is 10.6 Å². The fourth-order valence-electron chi connectivity index (χ4n) is 4.00. The summed E-state index contributed by atoms with van der Waals surface area (Å²) in [7, 11) is 0. The molecule has 2 aliphatic rings. The third kappa shape index (κ3) is 3.62. The number of rotatable bonds is 3. The molecule has 2 aromatic rings. The van der Waals surface area contributed by atoms with Crippen molar-refractivity contribution in [2.45, 2.75) is 50.6 Å². The Hall–Kier alpha value is -1.72. The monoisotopic (exact) mass is 355 g/mol. The normalized spacial score (nSPS) is 29.6. The molecule has 132 valence electrons. The molecular formula is C20H25N3OS. The van der Waals surface area contributed by atoms with Gasteiger partial charge in [-0.05, 0) is 51.3 Å². The lowest BCUT2D eigenvalue weighted by Gasteiger charge is -2.32.